The summed E-state index contributed by atoms with van der Waals surface area (Å²) in [6.07, 6.45) is 0. The molecule has 1 N–H and O–H groups in total. The molecule has 0 fully saturated rings. The molecule has 0 radical (unpaired) electrons. The van der Waals surface area contributed by atoms with Gasteiger partial charge in [-0.2, -0.15) is 0 Å². The van der Waals surface area contributed by atoms with Crippen molar-refractivity contribution >= 4 is 5.78 Å². The van der Waals surface area contributed by atoms with Crippen LogP contribution in [0.4, 0.5) is 0 Å². The highest BCUT2D eigenvalue weighted by Crippen LogP contribution is 2.23. The van der Waals surface area contributed by atoms with Gasteiger partial charge in [-0.25, -0.2) is 0 Å². The highest BCUT2D eigenvalue weighted by atomic mass is 16.3. The second kappa shape index (κ2) is 3.60. The van der Waals surface area contributed by atoms with Crippen LogP contribution in [0, 0.1) is 12.8 Å². The summed E-state index contributed by atoms with van der Waals surface area (Å²) in [6, 6.07) is 5.22. The highest BCUT2D eigenvalue weighted by molar-refractivity contribution is 6.00. The Labute approximate surface area is 78.2 Å². The number of phenolic OH excluding ortho intramolecular Hbond substituents is 1. The van der Waals surface area contributed by atoms with Gasteiger partial charge in [-0.05, 0) is 18.6 Å². The van der Waals surface area contributed by atoms with Gasteiger partial charge in [0.05, 0.1) is 5.56 Å². The lowest BCUT2D eigenvalue weighted by Crippen LogP contribution is -2.07. The minimum atomic E-state index is -0.0762. The molecule has 0 amide bonds. The predicted octanol–water partition coefficient (Wildman–Crippen LogP) is 2.54. The maximum Gasteiger partial charge on any atom is 0.169 e. The molecular formula is C11H14O2. The van der Waals surface area contributed by atoms with E-state index in [1.165, 1.54) is 0 Å². The number of hydrogen-bond acceptors (Lipinski definition) is 2. The molecule has 13 heavy (non-hydrogen) atoms. The largest absolute Gasteiger partial charge is 0.507 e. The maximum absolute atomic E-state index is 11.6. The van der Waals surface area contributed by atoms with Crippen molar-refractivity contribution in [3.8, 4) is 5.75 Å². The lowest BCUT2D eigenvalue weighted by atomic mass is 9.98. The van der Waals surface area contributed by atoms with E-state index < -0.39 is 0 Å². The lowest BCUT2D eigenvalue weighted by molar-refractivity contribution is 0.0936. The number of ketones is 1. The normalized spacial score (nSPS) is 10.5. The molecule has 1 aromatic carbocycles. The summed E-state index contributed by atoms with van der Waals surface area (Å²) in [5.74, 6) is 0.0232. The molecule has 2 heteroatoms. The number of hydrogen-bond donors (Lipinski definition) is 1. The fourth-order valence-corrected chi connectivity index (χ4v) is 1.17. The second-order valence-corrected chi connectivity index (χ2v) is 3.49. The first kappa shape index (κ1) is 9.78. The van der Waals surface area contributed by atoms with Gasteiger partial charge in [0, 0.05) is 5.92 Å². The number of aryl methyl sites for hydroxylation is 1. The molecule has 0 saturated carbocycles. The minimum absolute atomic E-state index is 0.0128. The number of Topliss-reactive ketones (excluding diaryl/α,β-unsaturated/α-hetero) is 1. The van der Waals surface area contributed by atoms with Crippen molar-refractivity contribution in [1.29, 1.82) is 0 Å². The molecule has 0 aliphatic rings. The van der Waals surface area contributed by atoms with E-state index in [2.05, 4.69) is 0 Å². The molecule has 0 bridgehead atoms. The fraction of sp³-hybridized carbons (Fsp3) is 0.364. The fourth-order valence-electron chi connectivity index (χ4n) is 1.17. The summed E-state index contributed by atoms with van der Waals surface area (Å²) in [6.45, 7) is 5.43. The zero-order chi connectivity index (χ0) is 10.0. The van der Waals surface area contributed by atoms with Crippen LogP contribution < -0.4 is 0 Å². The van der Waals surface area contributed by atoms with E-state index in [9.17, 15) is 9.90 Å². The van der Waals surface area contributed by atoms with E-state index in [1.807, 2.05) is 13.8 Å². The van der Waals surface area contributed by atoms with Crippen LogP contribution >= 0.6 is 0 Å². The lowest BCUT2D eigenvalue weighted by Gasteiger charge is -2.07. The van der Waals surface area contributed by atoms with Gasteiger partial charge in [0.2, 0.25) is 0 Å². The Hall–Kier alpha value is -1.31. The van der Waals surface area contributed by atoms with Gasteiger partial charge in [-0.3, -0.25) is 4.79 Å². The molecule has 0 unspecified atom stereocenters. The van der Waals surface area contributed by atoms with Gasteiger partial charge in [-0.1, -0.05) is 26.0 Å². The summed E-state index contributed by atoms with van der Waals surface area (Å²) >= 11 is 0. The van der Waals surface area contributed by atoms with Crippen molar-refractivity contribution < 1.29 is 9.90 Å². The third-order valence-electron chi connectivity index (χ3n) is 2.03. The van der Waals surface area contributed by atoms with Crippen LogP contribution in [0.3, 0.4) is 0 Å². The van der Waals surface area contributed by atoms with Crippen molar-refractivity contribution in [1.82, 2.24) is 0 Å². The smallest absolute Gasteiger partial charge is 0.169 e. The van der Waals surface area contributed by atoms with Crippen LogP contribution in [0.15, 0.2) is 18.2 Å². The van der Waals surface area contributed by atoms with Gasteiger partial charge >= 0.3 is 0 Å². The molecule has 0 spiro atoms. The number of aromatic hydroxyl groups is 1. The van der Waals surface area contributed by atoms with Gasteiger partial charge in [0.1, 0.15) is 5.75 Å². The quantitative estimate of drug-likeness (QED) is 0.706. The van der Waals surface area contributed by atoms with E-state index in [-0.39, 0.29) is 17.5 Å². The molecule has 0 atom stereocenters. The van der Waals surface area contributed by atoms with E-state index in [4.69, 9.17) is 0 Å². The number of para-hydroxylation sites is 1. The topological polar surface area (TPSA) is 37.3 Å². The van der Waals surface area contributed by atoms with Crippen LogP contribution in [-0.2, 0) is 0 Å². The molecule has 1 aromatic rings. The van der Waals surface area contributed by atoms with Gasteiger partial charge in [-0.15, -0.1) is 0 Å². The number of carbonyl (C=O) groups is 1. The van der Waals surface area contributed by atoms with Crippen molar-refractivity contribution in [2.75, 3.05) is 0 Å². The number of rotatable bonds is 2. The Bertz CT molecular complexity index is 327. The number of carbonyl (C=O) groups excluding carboxylic acids is 1. The average Bonchev–Trinajstić information content (AvgIpc) is 2.08. The first-order valence-electron chi connectivity index (χ1n) is 4.37. The van der Waals surface area contributed by atoms with Crippen molar-refractivity contribution in [3.63, 3.8) is 0 Å². The molecule has 0 heterocycles. The Balaban J connectivity index is 3.15. The van der Waals surface area contributed by atoms with Crippen LogP contribution in [0.2, 0.25) is 0 Å². The molecule has 0 aliphatic carbocycles. The van der Waals surface area contributed by atoms with Crippen LogP contribution in [-0.4, -0.2) is 10.9 Å². The summed E-state index contributed by atoms with van der Waals surface area (Å²) in [7, 11) is 0. The third-order valence-corrected chi connectivity index (χ3v) is 2.03. The molecule has 0 saturated heterocycles. The van der Waals surface area contributed by atoms with Crippen molar-refractivity contribution in [3.05, 3.63) is 29.3 Å². The number of benzene rings is 1. The first-order chi connectivity index (χ1) is 6.04. The Morgan fingerprint density at radius 2 is 2.00 bits per heavy atom. The predicted molar refractivity (Wildman–Crippen MR) is 52.0 cm³/mol. The van der Waals surface area contributed by atoms with Crippen molar-refractivity contribution in [2.45, 2.75) is 20.8 Å². The third kappa shape index (κ3) is 1.89. The Morgan fingerprint density at radius 3 is 2.54 bits per heavy atom. The summed E-state index contributed by atoms with van der Waals surface area (Å²) < 4.78 is 0. The Morgan fingerprint density at radius 1 is 1.38 bits per heavy atom. The average molecular weight is 178 g/mol. The first-order valence-corrected chi connectivity index (χ1v) is 4.37. The molecule has 70 valence electrons. The highest BCUT2D eigenvalue weighted by Gasteiger charge is 2.14. The van der Waals surface area contributed by atoms with Crippen molar-refractivity contribution in [2.24, 2.45) is 5.92 Å². The van der Waals surface area contributed by atoms with Crippen LogP contribution in [0.25, 0.3) is 0 Å². The van der Waals surface area contributed by atoms with Gasteiger partial charge in [0.25, 0.3) is 0 Å². The zero-order valence-electron chi connectivity index (χ0n) is 8.16. The molecule has 1 rings (SSSR count). The minimum Gasteiger partial charge on any atom is -0.507 e. The SMILES string of the molecule is Cc1cccc(C(=O)C(C)C)c1O. The van der Waals surface area contributed by atoms with Gasteiger partial charge < -0.3 is 5.11 Å². The van der Waals surface area contributed by atoms with E-state index in [1.54, 1.807) is 25.1 Å². The summed E-state index contributed by atoms with van der Waals surface area (Å²) in [4.78, 5) is 11.6. The Kier molecular flexibility index (Phi) is 2.71. The van der Waals surface area contributed by atoms with E-state index in [0.29, 0.717) is 5.56 Å². The summed E-state index contributed by atoms with van der Waals surface area (Å²) in [5, 5.41) is 9.60. The molecule has 0 aromatic heterocycles. The van der Waals surface area contributed by atoms with E-state index >= 15 is 0 Å². The summed E-state index contributed by atoms with van der Waals surface area (Å²) in [5.41, 5.74) is 1.17. The van der Waals surface area contributed by atoms with Crippen LogP contribution in [0.5, 0.6) is 5.75 Å². The standard InChI is InChI=1S/C11H14O2/c1-7(2)10(12)9-6-4-5-8(3)11(9)13/h4-7,13H,1-3H3. The molecular weight excluding hydrogens is 164 g/mol. The van der Waals surface area contributed by atoms with Crippen LogP contribution in [0.1, 0.15) is 29.8 Å². The number of phenols is 1. The van der Waals surface area contributed by atoms with E-state index in [0.717, 1.165) is 5.56 Å². The zero-order valence-corrected chi connectivity index (χ0v) is 8.16. The second-order valence-electron chi connectivity index (χ2n) is 3.49. The molecule has 0 aliphatic heterocycles. The monoisotopic (exact) mass is 178 g/mol. The maximum atomic E-state index is 11.6. The van der Waals surface area contributed by atoms with Gasteiger partial charge in [0.15, 0.2) is 5.78 Å². The molecule has 2 nitrogen and oxygen atoms in total.